The van der Waals surface area contributed by atoms with Gasteiger partial charge in [0.05, 0.1) is 14.2 Å². The minimum absolute atomic E-state index is 0. The number of hydrogen-bond acceptors (Lipinski definition) is 4. The number of carbonyl (C=O) groups excluding carboxylic acids is 1. The van der Waals surface area contributed by atoms with Gasteiger partial charge >= 0.3 is 0 Å². The van der Waals surface area contributed by atoms with Crippen molar-refractivity contribution in [3.63, 3.8) is 0 Å². The number of benzene rings is 1. The van der Waals surface area contributed by atoms with Gasteiger partial charge in [-0.1, -0.05) is 13.3 Å². The molecule has 0 fully saturated rings. The molecule has 0 radical (unpaired) electrons. The first-order valence-corrected chi connectivity index (χ1v) is 9.64. The number of guanidine groups is 1. The lowest BCUT2D eigenvalue weighted by Gasteiger charge is -2.29. The smallest absolute Gasteiger partial charge is 0.222 e. The second kappa shape index (κ2) is 12.7. The van der Waals surface area contributed by atoms with Gasteiger partial charge in [0.15, 0.2) is 17.5 Å². The minimum atomic E-state index is 0. The van der Waals surface area contributed by atoms with E-state index < -0.39 is 0 Å². The molecule has 1 aliphatic heterocycles. The average molecular weight is 504 g/mol. The summed E-state index contributed by atoms with van der Waals surface area (Å²) in [5.41, 5.74) is 8.13. The highest BCUT2D eigenvalue weighted by Gasteiger charge is 2.22. The molecule has 1 aliphatic rings. The van der Waals surface area contributed by atoms with Gasteiger partial charge in [-0.05, 0) is 42.5 Å². The van der Waals surface area contributed by atoms with E-state index in [9.17, 15) is 4.79 Å². The summed E-state index contributed by atoms with van der Waals surface area (Å²) in [7, 11) is 3.26. The van der Waals surface area contributed by atoms with Gasteiger partial charge in [-0.2, -0.15) is 0 Å². The summed E-state index contributed by atoms with van der Waals surface area (Å²) >= 11 is 0. The molecule has 1 heterocycles. The second-order valence-corrected chi connectivity index (χ2v) is 6.69. The molecule has 0 unspecified atom stereocenters. The molecule has 2 rings (SSSR count). The van der Waals surface area contributed by atoms with Crippen molar-refractivity contribution in [2.75, 3.05) is 33.9 Å². The van der Waals surface area contributed by atoms with Crippen LogP contribution in [0.4, 0.5) is 0 Å². The van der Waals surface area contributed by atoms with Gasteiger partial charge in [0.2, 0.25) is 5.91 Å². The molecular weight excluding hydrogens is 471 g/mol. The van der Waals surface area contributed by atoms with Crippen molar-refractivity contribution < 1.29 is 14.3 Å². The SMILES string of the molecule is CCCCNC(N)=NCCCC(=O)N1CCc2cc(OC)c(OC)cc2C1.I. The van der Waals surface area contributed by atoms with Gasteiger partial charge in [0, 0.05) is 32.6 Å². The predicted octanol–water partition coefficient (Wildman–Crippen LogP) is 2.69. The number of ether oxygens (including phenoxy) is 2. The fourth-order valence-electron chi connectivity index (χ4n) is 3.13. The number of unbranched alkanes of at least 4 members (excludes halogenated alkanes) is 1. The number of carbonyl (C=O) groups is 1. The Kier molecular flexibility index (Phi) is 11.0. The number of fused-ring (bicyclic) bond motifs is 1. The monoisotopic (exact) mass is 504 g/mol. The molecule has 0 aromatic heterocycles. The maximum Gasteiger partial charge on any atom is 0.222 e. The van der Waals surface area contributed by atoms with Crippen LogP contribution in [0.5, 0.6) is 11.5 Å². The largest absolute Gasteiger partial charge is 0.493 e. The van der Waals surface area contributed by atoms with E-state index in [1.165, 1.54) is 5.56 Å². The number of nitrogens with one attached hydrogen (secondary N) is 1. The first-order chi connectivity index (χ1) is 13.1. The first-order valence-electron chi connectivity index (χ1n) is 9.64. The number of rotatable bonds is 9. The predicted molar refractivity (Wildman–Crippen MR) is 123 cm³/mol. The van der Waals surface area contributed by atoms with E-state index in [0.29, 0.717) is 37.6 Å². The summed E-state index contributed by atoms with van der Waals surface area (Å²) in [6, 6.07) is 3.99. The Hall–Kier alpha value is -1.71. The van der Waals surface area contributed by atoms with Crippen LogP contribution in [0.2, 0.25) is 0 Å². The summed E-state index contributed by atoms with van der Waals surface area (Å²) in [5.74, 6) is 2.05. The summed E-state index contributed by atoms with van der Waals surface area (Å²) < 4.78 is 10.7. The van der Waals surface area contributed by atoms with E-state index in [1.54, 1.807) is 14.2 Å². The number of nitrogens with zero attached hydrogens (tertiary/aromatic N) is 2. The van der Waals surface area contributed by atoms with Crippen molar-refractivity contribution >= 4 is 35.8 Å². The number of nitrogens with two attached hydrogens (primary N) is 1. The second-order valence-electron chi connectivity index (χ2n) is 6.69. The molecule has 7 nitrogen and oxygen atoms in total. The zero-order valence-electron chi connectivity index (χ0n) is 17.1. The van der Waals surface area contributed by atoms with E-state index in [1.807, 2.05) is 17.0 Å². The third kappa shape index (κ3) is 7.03. The number of amides is 1. The lowest BCUT2D eigenvalue weighted by molar-refractivity contribution is -0.132. The van der Waals surface area contributed by atoms with Gasteiger partial charge in [0.25, 0.3) is 0 Å². The number of methoxy groups -OCH3 is 2. The highest BCUT2D eigenvalue weighted by Crippen LogP contribution is 2.33. The van der Waals surface area contributed by atoms with Crippen molar-refractivity contribution in [3.05, 3.63) is 23.3 Å². The summed E-state index contributed by atoms with van der Waals surface area (Å²) in [5, 5.41) is 3.08. The van der Waals surface area contributed by atoms with E-state index in [4.69, 9.17) is 15.2 Å². The van der Waals surface area contributed by atoms with Crippen LogP contribution in [-0.4, -0.2) is 50.6 Å². The Morgan fingerprint density at radius 3 is 2.54 bits per heavy atom. The normalized spacial score (nSPS) is 13.4. The third-order valence-electron chi connectivity index (χ3n) is 4.74. The zero-order valence-corrected chi connectivity index (χ0v) is 19.5. The fourth-order valence-corrected chi connectivity index (χ4v) is 3.13. The van der Waals surface area contributed by atoms with Crippen molar-refractivity contribution in [2.45, 2.75) is 45.6 Å². The molecule has 1 amide bonds. The van der Waals surface area contributed by atoms with Gasteiger partial charge in [-0.3, -0.25) is 9.79 Å². The zero-order chi connectivity index (χ0) is 19.6. The molecule has 0 bridgehead atoms. The Labute approximate surface area is 185 Å². The van der Waals surface area contributed by atoms with Crippen molar-refractivity contribution in [3.8, 4) is 11.5 Å². The molecule has 0 aliphatic carbocycles. The summed E-state index contributed by atoms with van der Waals surface area (Å²) in [6.07, 6.45) is 4.20. The maximum absolute atomic E-state index is 12.5. The Morgan fingerprint density at radius 2 is 1.89 bits per heavy atom. The minimum Gasteiger partial charge on any atom is -0.493 e. The molecule has 3 N–H and O–H groups in total. The molecule has 1 aromatic rings. The van der Waals surface area contributed by atoms with Crippen LogP contribution in [0.3, 0.4) is 0 Å². The highest BCUT2D eigenvalue weighted by molar-refractivity contribution is 14.0. The number of aliphatic imine (C=N–C) groups is 1. The van der Waals surface area contributed by atoms with Crippen molar-refractivity contribution in [1.82, 2.24) is 10.2 Å². The quantitative estimate of drug-likeness (QED) is 0.234. The molecule has 8 heteroatoms. The van der Waals surface area contributed by atoms with Crippen LogP contribution in [0.1, 0.15) is 43.7 Å². The summed E-state index contributed by atoms with van der Waals surface area (Å²) in [4.78, 5) is 18.7. The molecule has 0 saturated carbocycles. The van der Waals surface area contributed by atoms with Gasteiger partial charge in [-0.15, -0.1) is 24.0 Å². The highest BCUT2D eigenvalue weighted by atomic mass is 127. The number of hydrogen-bond donors (Lipinski definition) is 2. The maximum atomic E-state index is 12.5. The van der Waals surface area contributed by atoms with Gasteiger partial charge < -0.3 is 25.4 Å². The van der Waals surface area contributed by atoms with Crippen LogP contribution in [0.25, 0.3) is 0 Å². The Morgan fingerprint density at radius 1 is 1.21 bits per heavy atom. The Balaban J connectivity index is 0.00000392. The molecule has 0 atom stereocenters. The van der Waals surface area contributed by atoms with E-state index in [-0.39, 0.29) is 29.9 Å². The molecule has 158 valence electrons. The average Bonchev–Trinajstić information content (AvgIpc) is 2.69. The van der Waals surface area contributed by atoms with Crippen LogP contribution in [-0.2, 0) is 17.8 Å². The van der Waals surface area contributed by atoms with E-state index in [0.717, 1.165) is 43.7 Å². The molecule has 28 heavy (non-hydrogen) atoms. The summed E-state index contributed by atoms with van der Waals surface area (Å²) in [6.45, 7) is 4.87. The first kappa shape index (κ1) is 24.3. The van der Waals surface area contributed by atoms with Crippen LogP contribution in [0, 0.1) is 0 Å². The standard InChI is InChI=1S/C20H32N4O3.HI/c1-4-5-9-22-20(21)23-10-6-7-19(25)24-11-8-15-12-17(26-2)18(27-3)13-16(15)14-24;/h12-13H,4-11,14H2,1-3H3,(H3,21,22,23);1H. The third-order valence-corrected chi connectivity index (χ3v) is 4.74. The molecule has 0 spiro atoms. The van der Waals surface area contributed by atoms with Crippen molar-refractivity contribution in [1.29, 1.82) is 0 Å². The Bertz CT molecular complexity index is 667. The van der Waals surface area contributed by atoms with Gasteiger partial charge in [-0.25, -0.2) is 0 Å². The van der Waals surface area contributed by atoms with Crippen LogP contribution < -0.4 is 20.5 Å². The lowest BCUT2D eigenvalue weighted by Crippen LogP contribution is -2.36. The number of halogens is 1. The van der Waals surface area contributed by atoms with Crippen LogP contribution >= 0.6 is 24.0 Å². The lowest BCUT2D eigenvalue weighted by atomic mass is 9.98. The molecule has 1 aromatic carbocycles. The molecule has 0 saturated heterocycles. The van der Waals surface area contributed by atoms with Crippen LogP contribution in [0.15, 0.2) is 17.1 Å². The topological polar surface area (TPSA) is 89.2 Å². The molecular formula is C20H33IN4O3. The van der Waals surface area contributed by atoms with E-state index in [2.05, 4.69) is 17.2 Å². The van der Waals surface area contributed by atoms with Gasteiger partial charge in [0.1, 0.15) is 0 Å². The van der Waals surface area contributed by atoms with E-state index >= 15 is 0 Å². The van der Waals surface area contributed by atoms with Crippen molar-refractivity contribution in [2.24, 2.45) is 10.7 Å². The fraction of sp³-hybridized carbons (Fsp3) is 0.600.